The average Bonchev–Trinajstić information content (AvgIpc) is 3.69. The van der Waals surface area contributed by atoms with E-state index in [2.05, 4.69) is 146 Å². The summed E-state index contributed by atoms with van der Waals surface area (Å²) in [5, 5.41) is 6.11. The lowest BCUT2D eigenvalue weighted by molar-refractivity contribution is 0.661. The standard InChI is InChI=1S/C41H27N3S/c1-41(2)31-17-9-6-15-27(31)36-29-23-30-26-14-7-10-18-33(26)44(34(30)22-25(29)20-21-32(36)41)40-42-37(24-12-4-3-5-13-24)39-38(43-40)28-16-8-11-19-35(28)45-39/h3-23H,1-2H3. The van der Waals surface area contributed by atoms with Crippen molar-refractivity contribution in [1.29, 1.82) is 0 Å². The van der Waals surface area contributed by atoms with Crippen LogP contribution in [0.5, 0.6) is 0 Å². The lowest BCUT2D eigenvalue weighted by atomic mass is 9.82. The van der Waals surface area contributed by atoms with Gasteiger partial charge in [-0.15, -0.1) is 11.3 Å². The van der Waals surface area contributed by atoms with E-state index in [4.69, 9.17) is 9.97 Å². The Balaban J connectivity index is 1.33. The van der Waals surface area contributed by atoms with Gasteiger partial charge in [0.05, 0.1) is 26.9 Å². The van der Waals surface area contributed by atoms with Crippen LogP contribution in [0.3, 0.4) is 0 Å². The van der Waals surface area contributed by atoms with Crippen LogP contribution in [0.25, 0.3) is 81.2 Å². The van der Waals surface area contributed by atoms with E-state index in [-0.39, 0.29) is 5.41 Å². The van der Waals surface area contributed by atoms with Crippen molar-refractivity contribution in [3.8, 4) is 28.3 Å². The Bertz CT molecular complexity index is 2680. The number of thiophene rings is 1. The van der Waals surface area contributed by atoms with Gasteiger partial charge in [0.25, 0.3) is 0 Å². The number of benzene rings is 6. The Morgan fingerprint density at radius 2 is 1.36 bits per heavy atom. The second kappa shape index (κ2) is 8.87. The molecule has 212 valence electrons. The first-order valence-electron chi connectivity index (χ1n) is 15.4. The van der Waals surface area contributed by atoms with Crippen molar-refractivity contribution in [2.75, 3.05) is 0 Å². The van der Waals surface area contributed by atoms with Crippen LogP contribution in [0.2, 0.25) is 0 Å². The van der Waals surface area contributed by atoms with E-state index in [1.54, 1.807) is 11.3 Å². The maximum Gasteiger partial charge on any atom is 0.235 e. The van der Waals surface area contributed by atoms with E-state index in [1.165, 1.54) is 53.9 Å². The van der Waals surface area contributed by atoms with Crippen LogP contribution in [-0.4, -0.2) is 14.5 Å². The molecule has 9 aromatic rings. The van der Waals surface area contributed by atoms with Crippen molar-refractivity contribution in [2.24, 2.45) is 0 Å². The molecule has 0 saturated heterocycles. The Kier molecular flexibility index (Phi) is 4.94. The molecular weight excluding hydrogens is 567 g/mol. The van der Waals surface area contributed by atoms with Crippen LogP contribution >= 0.6 is 11.3 Å². The zero-order valence-corrected chi connectivity index (χ0v) is 25.7. The van der Waals surface area contributed by atoms with E-state index < -0.39 is 0 Å². The molecule has 0 N–H and O–H groups in total. The smallest absolute Gasteiger partial charge is 0.235 e. The minimum Gasteiger partial charge on any atom is -0.278 e. The normalized spacial score (nSPS) is 13.7. The van der Waals surface area contributed by atoms with Crippen molar-refractivity contribution in [3.63, 3.8) is 0 Å². The highest BCUT2D eigenvalue weighted by Gasteiger charge is 2.36. The second-order valence-corrected chi connectivity index (χ2v) is 13.7. The lowest BCUT2D eigenvalue weighted by Gasteiger charge is -2.21. The third kappa shape index (κ3) is 3.35. The van der Waals surface area contributed by atoms with Crippen molar-refractivity contribution in [2.45, 2.75) is 19.3 Å². The first-order valence-corrected chi connectivity index (χ1v) is 16.2. The summed E-state index contributed by atoms with van der Waals surface area (Å²) in [6.45, 7) is 4.69. The molecule has 0 atom stereocenters. The molecule has 4 heteroatoms. The average molecular weight is 594 g/mol. The van der Waals surface area contributed by atoms with Gasteiger partial charge in [-0.05, 0) is 57.3 Å². The summed E-state index contributed by atoms with van der Waals surface area (Å²) < 4.78 is 4.61. The van der Waals surface area contributed by atoms with Gasteiger partial charge in [0.2, 0.25) is 5.95 Å². The molecule has 3 nitrogen and oxygen atoms in total. The van der Waals surface area contributed by atoms with Gasteiger partial charge in [0, 0.05) is 31.8 Å². The maximum atomic E-state index is 5.36. The van der Waals surface area contributed by atoms with Crippen molar-refractivity contribution >= 4 is 64.2 Å². The quantitative estimate of drug-likeness (QED) is 0.200. The Hall–Kier alpha value is -5.32. The highest BCUT2D eigenvalue weighted by molar-refractivity contribution is 7.26. The molecule has 1 aliphatic rings. The minimum absolute atomic E-state index is 0.0382. The molecule has 0 unspecified atom stereocenters. The molecule has 3 heterocycles. The number of hydrogen-bond acceptors (Lipinski definition) is 3. The van der Waals surface area contributed by atoms with E-state index in [9.17, 15) is 0 Å². The van der Waals surface area contributed by atoms with Crippen LogP contribution < -0.4 is 0 Å². The molecule has 0 fully saturated rings. The number of hydrogen-bond donors (Lipinski definition) is 0. The summed E-state index contributed by atoms with van der Waals surface area (Å²) in [7, 11) is 0. The van der Waals surface area contributed by atoms with Crippen LogP contribution in [0.1, 0.15) is 25.0 Å². The van der Waals surface area contributed by atoms with Crippen LogP contribution in [0.4, 0.5) is 0 Å². The molecule has 0 radical (unpaired) electrons. The van der Waals surface area contributed by atoms with Gasteiger partial charge in [-0.2, -0.15) is 0 Å². The number of rotatable bonds is 2. The van der Waals surface area contributed by atoms with Crippen LogP contribution in [0.15, 0.2) is 127 Å². The van der Waals surface area contributed by atoms with Crippen molar-refractivity contribution in [3.05, 3.63) is 139 Å². The molecule has 10 rings (SSSR count). The minimum atomic E-state index is -0.0382. The summed E-state index contributed by atoms with van der Waals surface area (Å²) in [6.07, 6.45) is 0. The molecule has 0 spiro atoms. The molecule has 0 saturated carbocycles. The second-order valence-electron chi connectivity index (χ2n) is 12.6. The summed E-state index contributed by atoms with van der Waals surface area (Å²) in [6, 6.07) is 46.1. The first kappa shape index (κ1) is 25.1. The van der Waals surface area contributed by atoms with Gasteiger partial charge in [-0.25, -0.2) is 9.97 Å². The molecule has 3 aromatic heterocycles. The summed E-state index contributed by atoms with van der Waals surface area (Å²) in [5.41, 5.74) is 10.8. The van der Waals surface area contributed by atoms with E-state index in [0.717, 1.165) is 32.5 Å². The van der Waals surface area contributed by atoms with Crippen molar-refractivity contribution in [1.82, 2.24) is 14.5 Å². The van der Waals surface area contributed by atoms with Gasteiger partial charge >= 0.3 is 0 Å². The van der Waals surface area contributed by atoms with E-state index in [1.807, 2.05) is 0 Å². The largest absolute Gasteiger partial charge is 0.278 e. The molecular formula is C41H27N3S. The highest BCUT2D eigenvalue weighted by Crippen LogP contribution is 2.52. The SMILES string of the molecule is CC1(C)c2ccccc2-c2c1ccc1cc3c(cc21)c1ccccc1n3-c1nc(-c2ccccc2)c2sc3ccccc3c2n1. The van der Waals surface area contributed by atoms with E-state index >= 15 is 0 Å². The molecule has 6 aromatic carbocycles. The lowest BCUT2D eigenvalue weighted by Crippen LogP contribution is -2.14. The topological polar surface area (TPSA) is 30.7 Å². The fourth-order valence-electron chi connectivity index (χ4n) is 7.68. The summed E-state index contributed by atoms with van der Waals surface area (Å²) >= 11 is 1.77. The predicted molar refractivity (Wildman–Crippen MR) is 190 cm³/mol. The van der Waals surface area contributed by atoms with Gasteiger partial charge in [0.15, 0.2) is 0 Å². The number of aromatic nitrogens is 3. The van der Waals surface area contributed by atoms with Gasteiger partial charge in [-0.3, -0.25) is 4.57 Å². The fraction of sp³-hybridized carbons (Fsp3) is 0.0732. The first-order chi connectivity index (χ1) is 22.1. The zero-order valence-electron chi connectivity index (χ0n) is 24.9. The fourth-order valence-corrected chi connectivity index (χ4v) is 8.83. The number of nitrogens with zero attached hydrogens (tertiary/aromatic N) is 3. The van der Waals surface area contributed by atoms with Gasteiger partial charge < -0.3 is 0 Å². The number of para-hydroxylation sites is 1. The maximum absolute atomic E-state index is 5.36. The predicted octanol–water partition coefficient (Wildman–Crippen LogP) is 11.1. The van der Waals surface area contributed by atoms with Crippen molar-refractivity contribution < 1.29 is 0 Å². The monoisotopic (exact) mass is 593 g/mol. The third-order valence-electron chi connectivity index (χ3n) is 9.81. The van der Waals surface area contributed by atoms with Crippen LogP contribution in [0, 0.1) is 0 Å². The van der Waals surface area contributed by atoms with Gasteiger partial charge in [-0.1, -0.05) is 117 Å². The highest BCUT2D eigenvalue weighted by atomic mass is 32.1. The number of fused-ring (bicyclic) bond motifs is 11. The Morgan fingerprint density at radius 3 is 2.24 bits per heavy atom. The Labute approximate surface area is 264 Å². The van der Waals surface area contributed by atoms with Gasteiger partial charge in [0.1, 0.15) is 0 Å². The summed E-state index contributed by atoms with van der Waals surface area (Å²) in [4.78, 5) is 10.7. The Morgan fingerprint density at radius 1 is 0.600 bits per heavy atom. The summed E-state index contributed by atoms with van der Waals surface area (Å²) in [5.74, 6) is 0.697. The third-order valence-corrected chi connectivity index (χ3v) is 11.0. The molecule has 0 amide bonds. The molecule has 0 aliphatic heterocycles. The molecule has 0 bridgehead atoms. The van der Waals surface area contributed by atoms with Crippen LogP contribution in [-0.2, 0) is 5.41 Å². The molecule has 45 heavy (non-hydrogen) atoms. The van der Waals surface area contributed by atoms with E-state index in [0.29, 0.717) is 5.95 Å². The molecule has 1 aliphatic carbocycles. The zero-order chi connectivity index (χ0) is 29.9.